The van der Waals surface area contributed by atoms with Gasteiger partial charge in [-0.3, -0.25) is 0 Å². The molecule has 16 aliphatic heterocycles. The quantitative estimate of drug-likeness (QED) is 0.140. The zero-order chi connectivity index (χ0) is 57.3. The molecule has 0 radical (unpaired) electrons. The Hall–Kier alpha value is -0.750. The van der Waals surface area contributed by atoms with E-state index in [0.29, 0.717) is 189 Å². The van der Waals surface area contributed by atoms with Gasteiger partial charge in [-0.1, -0.05) is 0 Å². The van der Waals surface area contributed by atoms with E-state index in [-0.39, 0.29) is 6.23 Å². The summed E-state index contributed by atoms with van der Waals surface area (Å²) in [6, 6.07) is 0. The van der Waals surface area contributed by atoms with Crippen LogP contribution in [0.1, 0.15) is 205 Å². The minimum absolute atomic E-state index is 0.175. The van der Waals surface area contributed by atoms with Crippen LogP contribution >= 0.6 is 0 Å². The molecule has 20 heteroatoms. The van der Waals surface area contributed by atoms with E-state index in [0.717, 1.165) is 122 Å². The Morgan fingerprint density at radius 1 is 0.271 bits per heavy atom. The Balaban J connectivity index is 0.922. The molecule has 16 atom stereocenters. The van der Waals surface area contributed by atoms with E-state index in [1.54, 1.807) is 0 Å². The summed E-state index contributed by atoms with van der Waals surface area (Å²) in [6.07, 6.45) is 23.7. The SMILES string of the molecule is CB=BN(C1CCCO1)C1(C2(C3(C4(C5(C6(C7(C8(C9(C%10(C%11(C%12(C%13(C%14(C%15(O)CCCO%15)CCCO%14)CCCO%13)CCCO%12)CCCO%11)CCCO%10)CCCO9)CCCO8)CCCO7)CCCO6)CCCO5)CCCO4)CCCO3)CCCO2)CCCO1. The molecule has 0 amide bonds. The van der Waals surface area contributed by atoms with Gasteiger partial charge in [0.2, 0.25) is 0 Å². The third kappa shape index (κ3) is 7.00. The van der Waals surface area contributed by atoms with E-state index >= 15 is 0 Å². The first-order chi connectivity index (χ1) is 41.7. The van der Waals surface area contributed by atoms with Gasteiger partial charge in [-0.15, -0.1) is 0 Å². The molecule has 16 unspecified atom stereocenters. The van der Waals surface area contributed by atoms with Crippen LogP contribution in [0, 0.1) is 0 Å². The Kier molecular flexibility index (Phi) is 15.1. The van der Waals surface area contributed by atoms with Crippen LogP contribution in [0.25, 0.3) is 0 Å². The molecule has 0 aromatic carbocycles. The normalized spacial score (nSPS) is 53.7. The maximum atomic E-state index is 13.3. The summed E-state index contributed by atoms with van der Waals surface area (Å²) in [6.45, 7) is 15.2. The van der Waals surface area contributed by atoms with Gasteiger partial charge in [0.15, 0.2) is 11.4 Å². The van der Waals surface area contributed by atoms with Crippen LogP contribution in [0.4, 0.5) is 0 Å². The molecule has 16 aliphatic rings. The third-order valence-corrected chi connectivity index (χ3v) is 26.3. The number of ether oxygens (including phenoxy) is 16. The summed E-state index contributed by atoms with van der Waals surface area (Å²) in [5.41, 5.74) is -15.8. The molecule has 0 saturated carbocycles. The Morgan fingerprint density at radius 3 is 0.753 bits per heavy atom. The zero-order valence-electron chi connectivity index (χ0n) is 51.6. The first kappa shape index (κ1) is 59.3. The molecule has 16 rings (SSSR count). The van der Waals surface area contributed by atoms with Gasteiger partial charge < -0.3 is 28.8 Å². The van der Waals surface area contributed by atoms with Crippen LogP contribution in [0.2, 0.25) is 6.82 Å². The molecule has 16 saturated heterocycles. The molecule has 18 nitrogen and oxygen atoms in total. The average Bonchev–Trinajstić information content (AvgIpc) is 1.62. The van der Waals surface area contributed by atoms with Gasteiger partial charge in [0, 0.05) is 39.5 Å². The molecule has 0 aliphatic carbocycles. The van der Waals surface area contributed by atoms with E-state index in [2.05, 4.69) is 25.4 Å². The molecule has 0 bridgehead atoms. The third-order valence-electron chi connectivity index (χ3n) is 26.3. The van der Waals surface area contributed by atoms with Crippen molar-refractivity contribution in [2.24, 2.45) is 0 Å². The van der Waals surface area contributed by atoms with Crippen molar-refractivity contribution in [2.45, 2.75) is 303 Å². The number of nitrogens with zero attached hydrogens (tertiary/aromatic N) is 1. The second kappa shape index (κ2) is 21.7. The Labute approximate surface area is 506 Å². The molecule has 0 aromatic heterocycles. The first-order valence-electron chi connectivity index (χ1n) is 35.0. The fraction of sp³-hybridized carbons (Fsp3) is 1.00. The van der Waals surface area contributed by atoms with Crippen molar-refractivity contribution in [1.29, 1.82) is 0 Å². The maximum absolute atomic E-state index is 13.3. The van der Waals surface area contributed by atoms with Gasteiger partial charge in [0.05, 0.1) is 6.61 Å². The van der Waals surface area contributed by atoms with Crippen LogP contribution < -0.4 is 0 Å². The van der Waals surface area contributed by atoms with Crippen molar-refractivity contribution in [3.8, 4) is 0 Å². The Morgan fingerprint density at radius 2 is 0.518 bits per heavy atom. The summed E-state index contributed by atoms with van der Waals surface area (Å²) < 4.78 is 125. The van der Waals surface area contributed by atoms with Crippen molar-refractivity contribution >= 4 is 13.7 Å². The van der Waals surface area contributed by atoms with Crippen LogP contribution in [0.3, 0.4) is 0 Å². The van der Waals surface area contributed by atoms with Gasteiger partial charge in [0.25, 0.3) is 0 Å². The zero-order valence-corrected chi connectivity index (χ0v) is 51.6. The van der Waals surface area contributed by atoms with E-state index in [1.807, 2.05) is 0 Å². The Bertz CT molecular complexity index is 2380. The van der Waals surface area contributed by atoms with Crippen LogP contribution in [0.5, 0.6) is 0 Å². The molecule has 474 valence electrons. The van der Waals surface area contributed by atoms with Gasteiger partial charge in [-0.2, -0.15) is 0 Å². The van der Waals surface area contributed by atoms with Crippen LogP contribution in [-0.4, -0.2) is 220 Å². The van der Waals surface area contributed by atoms with Crippen molar-refractivity contribution < 1.29 is 80.9 Å². The molecule has 85 heavy (non-hydrogen) atoms. The predicted molar refractivity (Wildman–Crippen MR) is 309 cm³/mol. The minimum atomic E-state index is -1.59. The summed E-state index contributed by atoms with van der Waals surface area (Å²) in [5.74, 6) is -1.59. The predicted octanol–water partition coefficient (Wildman–Crippen LogP) is 7.86. The van der Waals surface area contributed by atoms with Crippen molar-refractivity contribution in [3.05, 3.63) is 0 Å². The van der Waals surface area contributed by atoms with Crippen LogP contribution in [0.15, 0.2) is 0 Å². The standard InChI is InChI=1S/C65H101B2NO17/c1-66-67-68(50-18-2-34-70-50)64(32-16-48-84-64)62(30-14-46-82-62)60(28-12-44-80-60)58(26-10-42-78-58)56(24-8-40-76-56)54(22-6-38-74-54)52(20-4-36-72-52)51(19-3-35-71-51)53(21-5-37-73-53)55(23-7-39-75-55)57(25-9-41-77-57)59(27-11-43-79-59)61(29-13-45-81-61)63(31-15-47-83-63)65(69)33-17-49-85-65/h50,69H,2-49H2,1H3. The fourth-order valence-corrected chi connectivity index (χ4v) is 24.5. The van der Waals surface area contributed by atoms with Gasteiger partial charge in [-0.05, 0) is 64.2 Å². The second-order valence-corrected chi connectivity index (χ2v) is 29.0. The molecular weight excluding hydrogens is 1090 g/mol. The molecule has 1 N–H and O–H groups in total. The van der Waals surface area contributed by atoms with E-state index in [9.17, 15) is 5.11 Å². The molecule has 16 heterocycles. The monoisotopic (exact) mass is 1190 g/mol. The summed E-state index contributed by atoms with van der Waals surface area (Å²) in [7, 11) is 0. The van der Waals surface area contributed by atoms with E-state index in [1.165, 1.54) is 0 Å². The van der Waals surface area contributed by atoms with Crippen molar-refractivity contribution in [1.82, 2.24) is 4.81 Å². The van der Waals surface area contributed by atoms with Crippen molar-refractivity contribution in [3.63, 3.8) is 0 Å². The van der Waals surface area contributed by atoms with E-state index < -0.39 is 84.3 Å². The first-order valence-corrected chi connectivity index (χ1v) is 35.0. The summed E-state index contributed by atoms with van der Waals surface area (Å²) in [4.78, 5) is 2.43. The molecule has 0 aromatic rings. The molecule has 0 spiro atoms. The topological polar surface area (TPSA) is 171 Å². The van der Waals surface area contributed by atoms with Crippen LogP contribution in [-0.2, 0) is 75.8 Å². The fourth-order valence-electron chi connectivity index (χ4n) is 24.5. The number of hydrogen-bond donors (Lipinski definition) is 1. The number of hydrogen-bond acceptors (Lipinski definition) is 18. The molecular formula is C65H101B2NO17. The van der Waals surface area contributed by atoms with Gasteiger partial charge >= 0.3 is 346 Å². The van der Waals surface area contributed by atoms with E-state index in [4.69, 9.17) is 75.8 Å². The number of rotatable bonds is 17. The second-order valence-electron chi connectivity index (χ2n) is 29.0. The van der Waals surface area contributed by atoms with Gasteiger partial charge in [-0.25, -0.2) is 0 Å². The van der Waals surface area contributed by atoms with Gasteiger partial charge in [0.1, 0.15) is 11.2 Å². The summed E-state index contributed by atoms with van der Waals surface area (Å²) in [5, 5.41) is 13.3. The molecule has 16 fully saturated rings. The summed E-state index contributed by atoms with van der Waals surface area (Å²) >= 11 is 0. The number of aliphatic hydroxyl groups is 1. The average molecular weight is 1190 g/mol. The van der Waals surface area contributed by atoms with Crippen molar-refractivity contribution in [2.75, 3.05) is 106 Å².